The summed E-state index contributed by atoms with van der Waals surface area (Å²) in [4.78, 5) is 7.69. The maximum absolute atomic E-state index is 13.7. The van der Waals surface area contributed by atoms with E-state index in [1.807, 2.05) is 4.68 Å². The molecule has 4 aromatic rings. The van der Waals surface area contributed by atoms with E-state index in [4.69, 9.17) is 10.8 Å². The van der Waals surface area contributed by atoms with Crippen LogP contribution in [0.1, 0.15) is 30.0 Å². The lowest BCUT2D eigenvalue weighted by molar-refractivity contribution is -0.137. The summed E-state index contributed by atoms with van der Waals surface area (Å²) >= 11 is 0. The van der Waals surface area contributed by atoms with Crippen LogP contribution in [-0.2, 0) is 22.7 Å². The van der Waals surface area contributed by atoms with Crippen molar-refractivity contribution in [1.82, 2.24) is 29.8 Å². The number of sulfonamides is 1. The predicted octanol–water partition coefficient (Wildman–Crippen LogP) is 3.64. The van der Waals surface area contributed by atoms with Crippen molar-refractivity contribution in [3.8, 4) is 11.3 Å². The van der Waals surface area contributed by atoms with Crippen LogP contribution in [0, 0.1) is 5.82 Å². The van der Waals surface area contributed by atoms with Crippen molar-refractivity contribution in [2.45, 2.75) is 36.5 Å². The number of benzene rings is 2. The standard InChI is InChI=1S/C24H23F4N7O2S/c25-17-8-16(24(26,27)28)9-19(10-17)38(36,37)33-11-14-3-5-15(6-4-14)21-20-22(29)31-13-32-23(20)35(34-21)18-2-1-7-30-12-18/h3-6,8-10,13,18,30,33H,1-2,7,11-12H2,(H2,29,31,32)/t18-/m1/s1. The predicted molar refractivity (Wildman–Crippen MR) is 132 cm³/mol. The molecule has 1 saturated heterocycles. The van der Waals surface area contributed by atoms with Gasteiger partial charge < -0.3 is 11.1 Å². The fourth-order valence-corrected chi connectivity index (χ4v) is 5.49. The Labute approximate surface area is 215 Å². The van der Waals surface area contributed by atoms with Gasteiger partial charge in [-0.05, 0) is 43.1 Å². The number of halogens is 4. The van der Waals surface area contributed by atoms with E-state index in [9.17, 15) is 26.0 Å². The van der Waals surface area contributed by atoms with E-state index in [0.717, 1.165) is 25.9 Å². The molecular weight excluding hydrogens is 526 g/mol. The SMILES string of the molecule is Nc1ncnc2c1c(-c1ccc(CNS(=O)(=O)c3cc(F)cc(C(F)(F)F)c3)cc1)nn2[C@@H]1CCCNC1. The first-order valence-electron chi connectivity index (χ1n) is 11.7. The van der Waals surface area contributed by atoms with Gasteiger partial charge in [0.1, 0.15) is 23.7 Å². The quantitative estimate of drug-likeness (QED) is 0.314. The monoisotopic (exact) mass is 549 g/mol. The minimum Gasteiger partial charge on any atom is -0.383 e. The molecule has 1 aliphatic rings. The van der Waals surface area contributed by atoms with Gasteiger partial charge in [-0.2, -0.15) is 18.3 Å². The smallest absolute Gasteiger partial charge is 0.383 e. The van der Waals surface area contributed by atoms with Crippen LogP contribution in [0.2, 0.25) is 0 Å². The van der Waals surface area contributed by atoms with E-state index in [-0.39, 0.29) is 24.5 Å². The van der Waals surface area contributed by atoms with E-state index < -0.39 is 32.5 Å². The molecule has 0 spiro atoms. The third kappa shape index (κ3) is 5.19. The average Bonchev–Trinajstić information content (AvgIpc) is 3.28. The molecule has 4 N–H and O–H groups in total. The molecule has 1 atom stereocenters. The summed E-state index contributed by atoms with van der Waals surface area (Å²) in [7, 11) is -4.41. The van der Waals surface area contributed by atoms with E-state index in [0.29, 0.717) is 40.0 Å². The maximum Gasteiger partial charge on any atom is 0.416 e. The maximum atomic E-state index is 13.7. The lowest BCUT2D eigenvalue weighted by atomic mass is 10.1. The number of alkyl halides is 3. The van der Waals surface area contributed by atoms with Crippen molar-refractivity contribution >= 4 is 26.9 Å². The molecule has 14 heteroatoms. The third-order valence-corrected chi connectivity index (χ3v) is 7.72. The van der Waals surface area contributed by atoms with Gasteiger partial charge in [-0.1, -0.05) is 24.3 Å². The van der Waals surface area contributed by atoms with Crippen LogP contribution in [0.25, 0.3) is 22.3 Å². The number of nitrogens with one attached hydrogen (secondary N) is 2. The van der Waals surface area contributed by atoms with Gasteiger partial charge in [-0.3, -0.25) is 0 Å². The Morgan fingerprint density at radius 3 is 2.58 bits per heavy atom. The normalized spacial score (nSPS) is 16.7. The largest absolute Gasteiger partial charge is 0.416 e. The molecule has 9 nitrogen and oxygen atoms in total. The second-order valence-electron chi connectivity index (χ2n) is 8.95. The van der Waals surface area contributed by atoms with Gasteiger partial charge in [0.2, 0.25) is 10.0 Å². The minimum absolute atomic E-state index is 0.101. The van der Waals surface area contributed by atoms with Crippen molar-refractivity contribution in [2.75, 3.05) is 18.8 Å². The number of hydrogen-bond acceptors (Lipinski definition) is 7. The number of aromatic nitrogens is 4. The van der Waals surface area contributed by atoms with E-state index in [1.165, 1.54) is 6.33 Å². The summed E-state index contributed by atoms with van der Waals surface area (Å²) in [6.45, 7) is 1.46. The van der Waals surface area contributed by atoms with Gasteiger partial charge in [-0.15, -0.1) is 0 Å². The molecule has 0 amide bonds. The zero-order valence-corrected chi connectivity index (χ0v) is 20.7. The summed E-state index contributed by atoms with van der Waals surface area (Å²) in [5.41, 5.74) is 7.20. The highest BCUT2D eigenvalue weighted by Crippen LogP contribution is 2.33. The highest BCUT2D eigenvalue weighted by atomic mass is 32.2. The number of fused-ring (bicyclic) bond motifs is 1. The number of nitrogens with zero attached hydrogens (tertiary/aromatic N) is 4. The summed E-state index contributed by atoms with van der Waals surface area (Å²) in [5, 5.41) is 8.75. The molecule has 200 valence electrons. The molecule has 38 heavy (non-hydrogen) atoms. The lowest BCUT2D eigenvalue weighted by Gasteiger charge is -2.23. The third-order valence-electron chi connectivity index (χ3n) is 6.34. The van der Waals surface area contributed by atoms with Crippen molar-refractivity contribution in [3.63, 3.8) is 0 Å². The summed E-state index contributed by atoms with van der Waals surface area (Å²) in [6.07, 6.45) is -1.57. The van der Waals surface area contributed by atoms with Gasteiger partial charge in [0.25, 0.3) is 0 Å². The number of nitrogen functional groups attached to an aromatic ring is 1. The Morgan fingerprint density at radius 1 is 1.13 bits per heavy atom. The summed E-state index contributed by atoms with van der Waals surface area (Å²) < 4.78 is 81.9. The number of rotatable bonds is 6. The highest BCUT2D eigenvalue weighted by Gasteiger charge is 2.33. The molecule has 2 aromatic carbocycles. The molecule has 0 radical (unpaired) electrons. The molecule has 0 bridgehead atoms. The Hall–Kier alpha value is -3.62. The summed E-state index contributed by atoms with van der Waals surface area (Å²) in [6, 6.07) is 8.03. The molecule has 1 aliphatic heterocycles. The molecule has 0 saturated carbocycles. The molecular formula is C24H23F4N7O2S. The number of anilines is 1. The number of nitrogens with two attached hydrogens (primary N) is 1. The van der Waals surface area contributed by atoms with Crippen molar-refractivity contribution in [1.29, 1.82) is 0 Å². The second kappa shape index (κ2) is 9.93. The first kappa shape index (κ1) is 26.0. The Bertz CT molecular complexity index is 1580. The topological polar surface area (TPSA) is 128 Å². The van der Waals surface area contributed by atoms with Gasteiger partial charge >= 0.3 is 6.18 Å². The van der Waals surface area contributed by atoms with Crippen molar-refractivity contribution in [2.24, 2.45) is 0 Å². The molecule has 5 rings (SSSR count). The van der Waals surface area contributed by atoms with Crippen LogP contribution < -0.4 is 15.8 Å². The lowest BCUT2D eigenvalue weighted by Crippen LogP contribution is -2.32. The second-order valence-corrected chi connectivity index (χ2v) is 10.7. The van der Waals surface area contributed by atoms with Gasteiger partial charge in [-0.25, -0.2) is 32.2 Å². The van der Waals surface area contributed by atoms with Gasteiger partial charge in [0, 0.05) is 18.7 Å². The van der Waals surface area contributed by atoms with E-state index in [2.05, 4.69) is 20.0 Å². The van der Waals surface area contributed by atoms with Crippen LogP contribution in [0.3, 0.4) is 0 Å². The van der Waals surface area contributed by atoms with E-state index in [1.54, 1.807) is 24.3 Å². The van der Waals surface area contributed by atoms with Crippen LogP contribution in [0.4, 0.5) is 23.4 Å². The Kier molecular flexibility index (Phi) is 6.79. The Balaban J connectivity index is 1.39. The van der Waals surface area contributed by atoms with E-state index >= 15 is 0 Å². The van der Waals surface area contributed by atoms with Gasteiger partial charge in [0.15, 0.2) is 5.65 Å². The van der Waals surface area contributed by atoms with Crippen molar-refractivity contribution < 1.29 is 26.0 Å². The van der Waals surface area contributed by atoms with Crippen LogP contribution in [0.5, 0.6) is 0 Å². The summed E-state index contributed by atoms with van der Waals surface area (Å²) in [5.74, 6) is -1.02. The zero-order valence-electron chi connectivity index (χ0n) is 19.8. The van der Waals surface area contributed by atoms with Crippen LogP contribution in [0.15, 0.2) is 53.7 Å². The zero-order chi connectivity index (χ0) is 27.1. The molecule has 0 unspecified atom stereocenters. The minimum atomic E-state index is -4.89. The van der Waals surface area contributed by atoms with Crippen LogP contribution >= 0.6 is 0 Å². The van der Waals surface area contributed by atoms with Gasteiger partial charge in [0.05, 0.1) is 21.9 Å². The Morgan fingerprint density at radius 2 is 1.89 bits per heavy atom. The fraction of sp³-hybridized carbons (Fsp3) is 0.292. The average molecular weight is 550 g/mol. The number of hydrogen-bond donors (Lipinski definition) is 3. The molecule has 0 aliphatic carbocycles. The highest BCUT2D eigenvalue weighted by molar-refractivity contribution is 7.89. The van der Waals surface area contributed by atoms with Crippen molar-refractivity contribution in [3.05, 3.63) is 65.7 Å². The molecule has 2 aromatic heterocycles. The first-order chi connectivity index (χ1) is 18.0. The fourth-order valence-electron chi connectivity index (χ4n) is 4.42. The molecule has 3 heterocycles. The molecule has 1 fully saturated rings. The number of piperidine rings is 1. The van der Waals surface area contributed by atoms with Crippen LogP contribution in [-0.4, -0.2) is 41.3 Å². The first-order valence-corrected chi connectivity index (χ1v) is 13.2.